The quantitative estimate of drug-likeness (QED) is 0.338. The Morgan fingerprint density at radius 1 is 0.778 bits per heavy atom. The van der Waals surface area contributed by atoms with Crippen molar-refractivity contribution in [2.45, 2.75) is 78.6 Å². The molecular weight excluding hydrogens is 479 g/mol. The normalized spacial score (nSPS) is 14.6. The van der Waals surface area contributed by atoms with E-state index in [1.165, 1.54) is 22.1 Å². The Labute approximate surface area is 224 Å². The van der Waals surface area contributed by atoms with Crippen molar-refractivity contribution in [2.75, 3.05) is 31.2 Å². The summed E-state index contributed by atoms with van der Waals surface area (Å²) in [6, 6.07) is 17.6. The van der Waals surface area contributed by atoms with E-state index < -0.39 is 6.42 Å². The van der Waals surface area contributed by atoms with Gasteiger partial charge in [-0.2, -0.15) is 0 Å². The second-order valence-electron chi connectivity index (χ2n) is 13.1. The number of nitrogens with one attached hydrogen (secondary N) is 1. The molecule has 0 saturated carbocycles. The molecule has 0 aliphatic heterocycles. The van der Waals surface area contributed by atoms with Crippen molar-refractivity contribution in [2.24, 2.45) is 0 Å². The van der Waals surface area contributed by atoms with Crippen molar-refractivity contribution in [3.8, 4) is 0 Å². The van der Waals surface area contributed by atoms with E-state index in [9.17, 15) is 0 Å². The molecule has 3 aromatic carbocycles. The highest BCUT2D eigenvalue weighted by molar-refractivity contribution is 8.16. The van der Waals surface area contributed by atoms with E-state index in [-0.39, 0.29) is 16.2 Å². The van der Waals surface area contributed by atoms with Crippen LogP contribution < -0.4 is 15.3 Å². The van der Waals surface area contributed by atoms with E-state index in [0.717, 1.165) is 22.1 Å². The van der Waals surface area contributed by atoms with Crippen LogP contribution in [0.25, 0.3) is 10.8 Å². The first-order chi connectivity index (χ1) is 16.4. The maximum absolute atomic E-state index is 6.46. The minimum atomic E-state index is -2.68. The van der Waals surface area contributed by atoms with Crippen molar-refractivity contribution >= 4 is 45.7 Å². The maximum atomic E-state index is 6.46. The number of anilines is 2. The van der Waals surface area contributed by atoms with Crippen molar-refractivity contribution < 1.29 is 4.52 Å². The van der Waals surface area contributed by atoms with E-state index in [0.29, 0.717) is 0 Å². The van der Waals surface area contributed by atoms with Crippen LogP contribution in [-0.2, 0) is 32.6 Å². The molecule has 0 fully saturated rings. The molecule has 0 aliphatic rings. The third-order valence-electron chi connectivity index (χ3n) is 6.80. The third-order valence-corrected chi connectivity index (χ3v) is 10.1. The third kappa shape index (κ3) is 5.67. The van der Waals surface area contributed by atoms with Gasteiger partial charge < -0.3 is 14.5 Å². The summed E-state index contributed by atoms with van der Waals surface area (Å²) in [5, 5.41) is 7.28. The summed E-state index contributed by atoms with van der Waals surface area (Å²) in [6.45, 7) is 20.5. The number of hydrogen-bond donors (Lipinski definition) is 1. The van der Waals surface area contributed by atoms with Gasteiger partial charge in [-0.3, -0.25) is 0 Å². The van der Waals surface area contributed by atoms with Crippen molar-refractivity contribution in [1.82, 2.24) is 0 Å². The second kappa shape index (κ2) is 9.78. The molecular formula is C31H45N2OPS. The van der Waals surface area contributed by atoms with Gasteiger partial charge in [-0.25, -0.2) is 0 Å². The van der Waals surface area contributed by atoms with Crippen LogP contribution in [-0.4, -0.2) is 21.2 Å². The Kier molecular flexibility index (Phi) is 7.80. The van der Waals surface area contributed by atoms with Crippen LogP contribution in [0.15, 0.2) is 48.5 Å². The molecule has 196 valence electrons. The molecule has 1 N–H and O–H groups in total. The summed E-state index contributed by atoms with van der Waals surface area (Å²) in [5.74, 6) is 0. The van der Waals surface area contributed by atoms with Crippen LogP contribution in [0.1, 0.15) is 79.0 Å². The summed E-state index contributed by atoms with van der Waals surface area (Å²) in [7, 11) is 5.91. The van der Waals surface area contributed by atoms with Gasteiger partial charge in [-0.1, -0.05) is 98.7 Å². The summed E-state index contributed by atoms with van der Waals surface area (Å²) in [6.07, 6.45) is -2.68. The van der Waals surface area contributed by atoms with Gasteiger partial charge in [0.15, 0.2) is 6.42 Å². The fourth-order valence-corrected chi connectivity index (χ4v) is 7.14. The van der Waals surface area contributed by atoms with Gasteiger partial charge in [0, 0.05) is 43.3 Å². The Balaban J connectivity index is 2.39. The molecule has 0 radical (unpaired) electrons. The van der Waals surface area contributed by atoms with Crippen LogP contribution in [0, 0.1) is 0 Å². The topological polar surface area (TPSA) is 24.5 Å². The highest BCUT2D eigenvalue weighted by atomic mass is 32.4. The van der Waals surface area contributed by atoms with Gasteiger partial charge >= 0.3 is 0 Å². The molecule has 3 nitrogen and oxygen atoms in total. The summed E-state index contributed by atoms with van der Waals surface area (Å²) in [4.78, 5) is 2.15. The van der Waals surface area contributed by atoms with E-state index in [4.69, 9.17) is 16.3 Å². The maximum Gasteiger partial charge on any atom is 0.183 e. The SMILES string of the molecule is CO[P@@](=S)(Nc1c(C(C)(C)C)cc(C(C)(C)C)cc1C(C)(C)C)c1cccc2cccc(N(C)C)c12. The van der Waals surface area contributed by atoms with Crippen LogP contribution in [0.3, 0.4) is 0 Å². The second-order valence-corrected chi connectivity index (χ2v) is 16.8. The van der Waals surface area contributed by atoms with Crippen molar-refractivity contribution in [3.63, 3.8) is 0 Å². The molecule has 0 unspecified atom stereocenters. The molecule has 36 heavy (non-hydrogen) atoms. The lowest BCUT2D eigenvalue weighted by atomic mass is 9.74. The lowest BCUT2D eigenvalue weighted by Gasteiger charge is -2.36. The lowest BCUT2D eigenvalue weighted by molar-refractivity contribution is 0.469. The monoisotopic (exact) mass is 524 g/mol. The first kappa shape index (κ1) is 28.7. The highest BCUT2D eigenvalue weighted by Crippen LogP contribution is 2.52. The molecule has 0 amide bonds. The predicted octanol–water partition coefficient (Wildman–Crippen LogP) is 8.49. The molecule has 0 aromatic heterocycles. The van der Waals surface area contributed by atoms with E-state index >= 15 is 0 Å². The van der Waals surface area contributed by atoms with Gasteiger partial charge in [-0.15, -0.1) is 0 Å². The Morgan fingerprint density at radius 2 is 1.28 bits per heavy atom. The van der Waals surface area contributed by atoms with Gasteiger partial charge in [0.05, 0.1) is 0 Å². The van der Waals surface area contributed by atoms with Crippen molar-refractivity contribution in [1.29, 1.82) is 0 Å². The fourth-order valence-electron chi connectivity index (χ4n) is 4.65. The van der Waals surface area contributed by atoms with Crippen LogP contribution in [0.4, 0.5) is 11.4 Å². The minimum Gasteiger partial charge on any atom is -0.377 e. The number of fused-ring (bicyclic) bond motifs is 1. The Morgan fingerprint density at radius 3 is 1.69 bits per heavy atom. The smallest absolute Gasteiger partial charge is 0.183 e. The average molecular weight is 525 g/mol. The molecule has 0 saturated heterocycles. The molecule has 0 bridgehead atoms. The largest absolute Gasteiger partial charge is 0.377 e. The molecule has 5 heteroatoms. The Bertz CT molecular complexity index is 1270. The van der Waals surface area contributed by atoms with E-state index in [1.54, 1.807) is 7.11 Å². The van der Waals surface area contributed by atoms with Crippen LogP contribution >= 0.6 is 6.42 Å². The number of benzene rings is 3. The fraction of sp³-hybridized carbons (Fsp3) is 0.484. The van der Waals surface area contributed by atoms with E-state index in [2.05, 4.69) is 135 Å². The van der Waals surface area contributed by atoms with E-state index in [1.807, 2.05) is 0 Å². The average Bonchev–Trinajstić information content (AvgIpc) is 2.75. The van der Waals surface area contributed by atoms with Gasteiger partial charge in [0.1, 0.15) is 0 Å². The molecule has 0 spiro atoms. The standard InChI is InChI=1S/C31H45N2OPS/c1-29(2,3)22-19-23(30(4,5)6)28(24(20-22)31(7,8)9)32-35(36,34-12)26-18-14-16-21-15-13-17-25(27(21)26)33(10)11/h13-20H,1-12H3,(H,32,36)/t35-/m0/s1. The molecule has 0 aliphatic carbocycles. The van der Waals surface area contributed by atoms with Crippen LogP contribution in [0.5, 0.6) is 0 Å². The van der Waals surface area contributed by atoms with Crippen LogP contribution in [0.2, 0.25) is 0 Å². The van der Waals surface area contributed by atoms with Crippen molar-refractivity contribution in [3.05, 3.63) is 65.2 Å². The molecule has 3 aromatic rings. The number of nitrogens with zero attached hydrogens (tertiary/aromatic N) is 1. The predicted molar refractivity (Wildman–Crippen MR) is 165 cm³/mol. The first-order valence-electron chi connectivity index (χ1n) is 12.7. The summed E-state index contributed by atoms with van der Waals surface area (Å²) >= 11 is 6.46. The molecule has 1 atom stereocenters. The first-order valence-corrected chi connectivity index (χ1v) is 15.5. The van der Waals surface area contributed by atoms with Gasteiger partial charge in [0.2, 0.25) is 0 Å². The minimum absolute atomic E-state index is 0.0379. The zero-order chi connectivity index (χ0) is 27.3. The number of rotatable bonds is 5. The molecule has 3 rings (SSSR count). The zero-order valence-corrected chi connectivity index (χ0v) is 26.0. The zero-order valence-electron chi connectivity index (χ0n) is 24.3. The summed E-state index contributed by atoms with van der Waals surface area (Å²) in [5.41, 5.74) is 6.04. The van der Waals surface area contributed by atoms with Gasteiger partial charge in [0.25, 0.3) is 0 Å². The number of hydrogen-bond acceptors (Lipinski definition) is 3. The Hall–Kier alpha value is -1.87. The van der Waals surface area contributed by atoms with Gasteiger partial charge in [-0.05, 0) is 62.3 Å². The molecule has 0 heterocycles. The highest BCUT2D eigenvalue weighted by Gasteiger charge is 2.33. The lowest BCUT2D eigenvalue weighted by Crippen LogP contribution is -2.25. The summed E-state index contributed by atoms with van der Waals surface area (Å²) < 4.78 is 6.30.